The number of hydrogen-bond acceptors (Lipinski definition) is 5. The predicted octanol–water partition coefficient (Wildman–Crippen LogP) is 6.35. The molecule has 0 saturated carbocycles. The number of sulfonamides is 1. The van der Waals surface area contributed by atoms with Gasteiger partial charge in [-0.3, -0.25) is 4.72 Å². The van der Waals surface area contributed by atoms with Crippen molar-refractivity contribution in [3.05, 3.63) is 119 Å². The number of aromatic nitrogens is 1. The minimum absolute atomic E-state index is 0.206. The van der Waals surface area contributed by atoms with Gasteiger partial charge in [-0.25, -0.2) is 18.2 Å². The molecule has 0 amide bonds. The Bertz CT molecular complexity index is 1810. The van der Waals surface area contributed by atoms with E-state index in [1.165, 1.54) is 13.3 Å². The van der Waals surface area contributed by atoms with Crippen LogP contribution in [0.4, 0.5) is 5.69 Å². The molecule has 7 heteroatoms. The molecule has 0 aliphatic carbocycles. The molecule has 0 saturated heterocycles. The van der Waals surface area contributed by atoms with E-state index in [0.717, 1.165) is 16.5 Å². The van der Waals surface area contributed by atoms with Gasteiger partial charge in [-0.1, -0.05) is 79.1 Å². The monoisotopic (exact) mass is 536 g/mol. The fourth-order valence-corrected chi connectivity index (χ4v) is 6.14. The molecule has 0 fully saturated rings. The number of anilines is 1. The van der Waals surface area contributed by atoms with E-state index in [1.807, 2.05) is 37.3 Å². The number of pyridine rings is 1. The summed E-state index contributed by atoms with van der Waals surface area (Å²) < 4.78 is 34.9. The fourth-order valence-electron chi connectivity index (χ4n) is 4.58. The van der Waals surface area contributed by atoms with Crippen LogP contribution in [0.15, 0.2) is 84.4 Å². The van der Waals surface area contributed by atoms with Gasteiger partial charge in [-0.05, 0) is 55.2 Å². The highest BCUT2D eigenvalue weighted by Gasteiger charge is 2.23. The number of rotatable bonds is 6. The van der Waals surface area contributed by atoms with Crippen molar-refractivity contribution in [3.8, 4) is 11.8 Å². The number of benzene rings is 3. The smallest absolute Gasteiger partial charge is 0.357 e. The van der Waals surface area contributed by atoms with Crippen LogP contribution in [0.5, 0.6) is 0 Å². The first-order chi connectivity index (χ1) is 18.7. The van der Waals surface area contributed by atoms with E-state index < -0.39 is 16.0 Å². The summed E-state index contributed by atoms with van der Waals surface area (Å²) in [6.07, 6.45) is 6.82. The van der Waals surface area contributed by atoms with Crippen molar-refractivity contribution in [1.82, 2.24) is 4.98 Å². The van der Waals surface area contributed by atoms with Crippen molar-refractivity contribution in [2.24, 2.45) is 0 Å². The number of esters is 1. The van der Waals surface area contributed by atoms with Crippen molar-refractivity contribution < 1.29 is 17.9 Å². The van der Waals surface area contributed by atoms with Crippen molar-refractivity contribution >= 4 is 38.5 Å². The third-order valence-electron chi connectivity index (χ3n) is 6.31. The lowest BCUT2D eigenvalue weighted by Crippen LogP contribution is -2.17. The summed E-state index contributed by atoms with van der Waals surface area (Å²) in [4.78, 5) is 16.7. The molecule has 0 radical (unpaired) electrons. The minimum Gasteiger partial charge on any atom is -0.464 e. The molecule has 39 heavy (non-hydrogen) atoms. The lowest BCUT2D eigenvalue weighted by Gasteiger charge is -2.17. The number of allylic oxidation sites excluding steroid dienone is 2. The Kier molecular flexibility index (Phi) is 7.99. The van der Waals surface area contributed by atoms with Gasteiger partial charge in [0.2, 0.25) is 0 Å². The van der Waals surface area contributed by atoms with Gasteiger partial charge in [-0.2, -0.15) is 0 Å². The number of para-hydroxylation sites is 1. The third kappa shape index (κ3) is 5.62. The molecule has 3 aromatic carbocycles. The highest BCUT2D eigenvalue weighted by Crippen LogP contribution is 2.30. The lowest BCUT2D eigenvalue weighted by molar-refractivity contribution is 0.0596. The van der Waals surface area contributed by atoms with Crippen LogP contribution >= 0.6 is 0 Å². The zero-order valence-electron chi connectivity index (χ0n) is 22.2. The number of carbonyl (C=O) groups excluding carboxylic acids is 1. The molecule has 1 heterocycles. The molecular formula is C32H28N2O4S. The molecule has 1 N–H and O–H groups in total. The number of hydrogen-bond donors (Lipinski definition) is 1. The van der Waals surface area contributed by atoms with E-state index in [4.69, 9.17) is 4.74 Å². The van der Waals surface area contributed by atoms with Gasteiger partial charge in [0, 0.05) is 22.5 Å². The maximum absolute atomic E-state index is 13.7. The van der Waals surface area contributed by atoms with Crippen LogP contribution < -0.4 is 4.72 Å². The molecule has 0 unspecified atom stereocenters. The zero-order valence-corrected chi connectivity index (χ0v) is 23.0. The first-order valence-electron chi connectivity index (χ1n) is 12.2. The number of fused-ring (bicyclic) bond motifs is 1. The number of nitrogens with zero attached hydrogens (tertiary/aromatic N) is 1. The van der Waals surface area contributed by atoms with E-state index >= 15 is 0 Å². The second-order valence-electron chi connectivity index (χ2n) is 8.93. The average molecular weight is 537 g/mol. The van der Waals surface area contributed by atoms with Gasteiger partial charge in [0.1, 0.15) is 0 Å². The van der Waals surface area contributed by atoms with Crippen LogP contribution in [0.3, 0.4) is 0 Å². The van der Waals surface area contributed by atoms with E-state index in [-0.39, 0.29) is 10.6 Å². The maximum atomic E-state index is 13.7. The summed E-state index contributed by atoms with van der Waals surface area (Å²) in [5.41, 5.74) is 4.78. The van der Waals surface area contributed by atoms with Gasteiger partial charge in [0.25, 0.3) is 10.0 Å². The Balaban J connectivity index is 1.76. The largest absolute Gasteiger partial charge is 0.464 e. The van der Waals surface area contributed by atoms with Crippen LogP contribution in [0.25, 0.3) is 16.8 Å². The zero-order chi connectivity index (χ0) is 28.2. The molecule has 0 aliphatic rings. The summed E-state index contributed by atoms with van der Waals surface area (Å²) in [7, 11) is -2.63. The van der Waals surface area contributed by atoms with Gasteiger partial charge < -0.3 is 4.74 Å². The Morgan fingerprint density at radius 2 is 1.64 bits per heavy atom. The van der Waals surface area contributed by atoms with Gasteiger partial charge in [-0.15, -0.1) is 0 Å². The van der Waals surface area contributed by atoms with Gasteiger partial charge in [0.15, 0.2) is 5.69 Å². The summed E-state index contributed by atoms with van der Waals surface area (Å²) in [5.74, 6) is 5.65. The second-order valence-corrected chi connectivity index (χ2v) is 10.6. The number of methoxy groups -OCH3 is 1. The molecule has 0 aliphatic heterocycles. The number of carbonyl (C=O) groups is 1. The molecule has 6 nitrogen and oxygen atoms in total. The predicted molar refractivity (Wildman–Crippen MR) is 156 cm³/mol. The molecule has 0 bridgehead atoms. The molecule has 196 valence electrons. The topological polar surface area (TPSA) is 85.4 Å². The van der Waals surface area contributed by atoms with E-state index in [9.17, 15) is 13.2 Å². The maximum Gasteiger partial charge on any atom is 0.357 e. The van der Waals surface area contributed by atoms with E-state index in [2.05, 4.69) is 28.1 Å². The molecule has 0 spiro atoms. The van der Waals surface area contributed by atoms with E-state index in [0.29, 0.717) is 33.3 Å². The van der Waals surface area contributed by atoms with E-state index in [1.54, 1.807) is 56.3 Å². The number of ether oxygens (including phenoxy) is 1. The van der Waals surface area contributed by atoms with Crippen LogP contribution in [-0.2, 0) is 14.8 Å². The van der Waals surface area contributed by atoms with Crippen LogP contribution in [-0.4, -0.2) is 26.5 Å². The molecule has 0 atom stereocenters. The normalized spacial score (nSPS) is 11.2. The van der Waals surface area contributed by atoms with Crippen molar-refractivity contribution in [2.45, 2.75) is 25.7 Å². The van der Waals surface area contributed by atoms with Crippen molar-refractivity contribution in [2.75, 3.05) is 11.8 Å². The van der Waals surface area contributed by atoms with Crippen LogP contribution in [0.1, 0.15) is 43.9 Å². The standard InChI is InChI=1S/C32H28N2O4S/c1-6-7-13-26-21(2)19-22(3)31(23(26)4)39(36,37)34-29-16-11-8-12-24(29)17-18-25-20-33-30(32(35)38-5)28-15-10-9-14-27(25)28/h6-16,19-20,34H,1H2,2-5H3/b13-7-. The summed E-state index contributed by atoms with van der Waals surface area (Å²) >= 11 is 0. The van der Waals surface area contributed by atoms with Crippen LogP contribution in [0, 0.1) is 32.6 Å². The fraction of sp³-hybridized carbons (Fsp3) is 0.125. The Labute approximate surface area is 229 Å². The van der Waals surface area contributed by atoms with Crippen molar-refractivity contribution in [1.29, 1.82) is 0 Å². The first-order valence-corrected chi connectivity index (χ1v) is 13.7. The minimum atomic E-state index is -3.94. The van der Waals surface area contributed by atoms with Crippen molar-refractivity contribution in [3.63, 3.8) is 0 Å². The number of nitrogens with one attached hydrogen (secondary N) is 1. The summed E-state index contributed by atoms with van der Waals surface area (Å²) in [5, 5.41) is 1.36. The summed E-state index contributed by atoms with van der Waals surface area (Å²) in [6.45, 7) is 9.25. The Hall–Kier alpha value is -4.67. The first kappa shape index (κ1) is 27.4. The lowest BCUT2D eigenvalue weighted by atomic mass is 9.99. The highest BCUT2D eigenvalue weighted by molar-refractivity contribution is 7.92. The van der Waals surface area contributed by atoms with Gasteiger partial charge in [0.05, 0.1) is 23.3 Å². The average Bonchev–Trinajstić information content (AvgIpc) is 2.91. The quantitative estimate of drug-likeness (QED) is 0.176. The third-order valence-corrected chi connectivity index (χ3v) is 7.96. The second kappa shape index (κ2) is 11.4. The highest BCUT2D eigenvalue weighted by atomic mass is 32.2. The summed E-state index contributed by atoms with van der Waals surface area (Å²) in [6, 6.07) is 16.1. The Morgan fingerprint density at radius 1 is 0.974 bits per heavy atom. The van der Waals surface area contributed by atoms with Gasteiger partial charge >= 0.3 is 5.97 Å². The molecule has 1 aromatic heterocycles. The molecule has 4 aromatic rings. The SMILES string of the molecule is C=C/C=C\c1c(C)cc(C)c(S(=O)(=O)Nc2ccccc2C#Cc2cnc(C(=O)OC)c3ccccc23)c1C. The Morgan fingerprint density at radius 3 is 2.36 bits per heavy atom. The molecular weight excluding hydrogens is 508 g/mol. The number of aryl methyl sites for hydroxylation is 2. The molecule has 4 rings (SSSR count). The van der Waals surface area contributed by atoms with Crippen LogP contribution in [0.2, 0.25) is 0 Å².